The number of para-hydroxylation sites is 1. The topological polar surface area (TPSA) is 76.1 Å². The average Bonchev–Trinajstić information content (AvgIpc) is 2.62. The lowest BCUT2D eigenvalue weighted by Gasteiger charge is -2.19. The number of benzene rings is 2. The number of carbonyl (C=O) groups excluding carboxylic acids is 1. The van der Waals surface area contributed by atoms with Crippen molar-refractivity contribution in [2.75, 3.05) is 14.2 Å². The van der Waals surface area contributed by atoms with Crippen molar-refractivity contribution in [1.29, 1.82) is 0 Å². The molecule has 2 rings (SSSR count). The standard InChI is InChI=1S/C17H18FNO5S/c1-23-16-6-4-3-5-14(16)11-19(25(21)22)10-13-8-7-12(9-15(13)18)17(20)24-2/h3-9H,10-11H2,1-2H3,(H,21,22). The van der Waals surface area contributed by atoms with Crippen molar-refractivity contribution in [2.24, 2.45) is 0 Å². The molecule has 134 valence electrons. The number of rotatable bonds is 7. The summed E-state index contributed by atoms with van der Waals surface area (Å²) in [5, 5.41) is 0. The summed E-state index contributed by atoms with van der Waals surface area (Å²) in [7, 11) is 2.71. The van der Waals surface area contributed by atoms with Crippen LogP contribution in [0.15, 0.2) is 42.5 Å². The molecule has 1 N–H and O–H groups in total. The number of hydrogen-bond acceptors (Lipinski definition) is 4. The molecule has 0 radical (unpaired) electrons. The molecule has 0 saturated heterocycles. The van der Waals surface area contributed by atoms with Crippen molar-refractivity contribution < 1.29 is 27.4 Å². The van der Waals surface area contributed by atoms with E-state index in [1.54, 1.807) is 24.3 Å². The number of ether oxygens (including phenoxy) is 2. The van der Waals surface area contributed by atoms with E-state index in [4.69, 9.17) is 4.74 Å². The van der Waals surface area contributed by atoms with Crippen LogP contribution in [0.4, 0.5) is 4.39 Å². The second kappa shape index (κ2) is 8.70. The SMILES string of the molecule is COC(=O)c1ccc(CN(Cc2ccccc2OC)S(=O)O)c(F)c1. The van der Waals surface area contributed by atoms with Crippen LogP contribution in [0.2, 0.25) is 0 Å². The van der Waals surface area contributed by atoms with Gasteiger partial charge in [0.2, 0.25) is 11.3 Å². The first-order valence-corrected chi connectivity index (χ1v) is 8.37. The van der Waals surface area contributed by atoms with Gasteiger partial charge in [-0.3, -0.25) is 4.55 Å². The number of esters is 1. The molecule has 0 aliphatic carbocycles. The Kier molecular flexibility index (Phi) is 6.63. The van der Waals surface area contributed by atoms with Crippen molar-refractivity contribution in [2.45, 2.75) is 13.1 Å². The van der Waals surface area contributed by atoms with Crippen LogP contribution in [0.1, 0.15) is 21.5 Å². The molecule has 6 nitrogen and oxygen atoms in total. The summed E-state index contributed by atoms with van der Waals surface area (Å²) in [6, 6.07) is 10.9. The number of nitrogens with zero attached hydrogens (tertiary/aromatic N) is 1. The van der Waals surface area contributed by atoms with Crippen LogP contribution in [0.3, 0.4) is 0 Å². The Morgan fingerprint density at radius 2 is 1.84 bits per heavy atom. The Labute approximate surface area is 147 Å². The highest BCUT2D eigenvalue weighted by molar-refractivity contribution is 7.76. The first-order chi connectivity index (χ1) is 12.0. The Hall–Kier alpha value is -2.29. The van der Waals surface area contributed by atoms with E-state index in [0.717, 1.165) is 6.07 Å². The minimum Gasteiger partial charge on any atom is -0.496 e. The molecule has 25 heavy (non-hydrogen) atoms. The highest BCUT2D eigenvalue weighted by Crippen LogP contribution is 2.22. The van der Waals surface area contributed by atoms with Crippen LogP contribution in [-0.2, 0) is 29.1 Å². The van der Waals surface area contributed by atoms with E-state index < -0.39 is 23.1 Å². The van der Waals surface area contributed by atoms with Crippen molar-refractivity contribution in [3.63, 3.8) is 0 Å². The third-order valence-corrected chi connectivity index (χ3v) is 4.28. The van der Waals surface area contributed by atoms with E-state index >= 15 is 0 Å². The summed E-state index contributed by atoms with van der Waals surface area (Å²) in [5.41, 5.74) is 0.953. The van der Waals surface area contributed by atoms with Gasteiger partial charge in [0.15, 0.2) is 0 Å². The first kappa shape index (κ1) is 19.0. The number of carbonyl (C=O) groups is 1. The highest BCUT2D eigenvalue weighted by atomic mass is 32.2. The lowest BCUT2D eigenvalue weighted by Crippen LogP contribution is -2.25. The average molecular weight is 367 g/mol. The normalized spacial score (nSPS) is 12.0. The Balaban J connectivity index is 2.22. The maximum Gasteiger partial charge on any atom is 0.337 e. The maximum atomic E-state index is 14.2. The smallest absolute Gasteiger partial charge is 0.337 e. The Morgan fingerprint density at radius 1 is 1.16 bits per heavy atom. The van der Waals surface area contributed by atoms with Gasteiger partial charge in [-0.15, -0.1) is 0 Å². The molecular formula is C17H18FNO5S. The van der Waals surface area contributed by atoms with Gasteiger partial charge in [-0.05, 0) is 18.2 Å². The maximum absolute atomic E-state index is 14.2. The number of halogens is 1. The van der Waals surface area contributed by atoms with E-state index in [-0.39, 0.29) is 24.2 Å². The molecule has 0 saturated carbocycles. The van der Waals surface area contributed by atoms with E-state index in [9.17, 15) is 17.9 Å². The minimum atomic E-state index is -2.32. The van der Waals surface area contributed by atoms with Crippen molar-refractivity contribution >= 4 is 17.2 Å². The molecule has 8 heteroatoms. The molecule has 0 heterocycles. The van der Waals surface area contributed by atoms with Gasteiger partial charge >= 0.3 is 5.97 Å². The first-order valence-electron chi connectivity index (χ1n) is 7.30. The van der Waals surface area contributed by atoms with Gasteiger partial charge in [-0.1, -0.05) is 24.3 Å². The fraction of sp³-hybridized carbons (Fsp3) is 0.235. The van der Waals surface area contributed by atoms with E-state index in [1.807, 2.05) is 0 Å². The molecule has 2 aromatic rings. The predicted molar refractivity (Wildman–Crippen MR) is 90.8 cm³/mol. The zero-order valence-corrected chi connectivity index (χ0v) is 14.6. The summed E-state index contributed by atoms with van der Waals surface area (Å²) in [5.74, 6) is -0.736. The van der Waals surface area contributed by atoms with E-state index in [2.05, 4.69) is 4.74 Å². The van der Waals surface area contributed by atoms with Crippen LogP contribution in [0.5, 0.6) is 5.75 Å². The fourth-order valence-electron chi connectivity index (χ4n) is 2.30. The molecule has 0 amide bonds. The second-order valence-electron chi connectivity index (χ2n) is 5.14. The molecule has 0 bridgehead atoms. The Bertz CT molecular complexity index is 783. The quantitative estimate of drug-likeness (QED) is 0.602. The molecule has 1 atom stereocenters. The van der Waals surface area contributed by atoms with Crippen molar-refractivity contribution in [1.82, 2.24) is 4.31 Å². The molecule has 0 fully saturated rings. The lowest BCUT2D eigenvalue weighted by atomic mass is 10.1. The van der Waals surface area contributed by atoms with Gasteiger partial charge in [-0.2, -0.15) is 4.31 Å². The van der Waals surface area contributed by atoms with Crippen LogP contribution in [0.25, 0.3) is 0 Å². The summed E-state index contributed by atoms with van der Waals surface area (Å²) >= 11 is -2.32. The van der Waals surface area contributed by atoms with E-state index in [0.29, 0.717) is 11.3 Å². The fourth-order valence-corrected chi connectivity index (χ4v) is 2.80. The van der Waals surface area contributed by atoms with Gasteiger partial charge in [-0.25, -0.2) is 13.4 Å². The minimum absolute atomic E-state index is 0.0742. The molecular weight excluding hydrogens is 349 g/mol. The lowest BCUT2D eigenvalue weighted by molar-refractivity contribution is 0.0600. The largest absolute Gasteiger partial charge is 0.496 e. The highest BCUT2D eigenvalue weighted by Gasteiger charge is 2.18. The zero-order chi connectivity index (χ0) is 18.4. The molecule has 0 spiro atoms. The van der Waals surface area contributed by atoms with Gasteiger partial charge in [0.05, 0.1) is 19.8 Å². The Morgan fingerprint density at radius 3 is 2.44 bits per heavy atom. The van der Waals surface area contributed by atoms with Gasteiger partial charge < -0.3 is 9.47 Å². The molecule has 1 unspecified atom stereocenters. The molecule has 2 aromatic carbocycles. The number of hydrogen-bond donors (Lipinski definition) is 1. The van der Waals surface area contributed by atoms with Crippen LogP contribution < -0.4 is 4.74 Å². The third-order valence-electron chi connectivity index (χ3n) is 3.58. The zero-order valence-electron chi connectivity index (χ0n) is 13.8. The van der Waals surface area contributed by atoms with Crippen molar-refractivity contribution in [3.8, 4) is 5.75 Å². The van der Waals surface area contributed by atoms with Crippen molar-refractivity contribution in [3.05, 3.63) is 65.0 Å². The van der Waals surface area contributed by atoms with Crippen LogP contribution in [-0.4, -0.2) is 33.3 Å². The molecule has 0 aliphatic heterocycles. The van der Waals surface area contributed by atoms with Crippen LogP contribution in [0, 0.1) is 5.82 Å². The second-order valence-corrected chi connectivity index (χ2v) is 6.12. The monoisotopic (exact) mass is 367 g/mol. The summed E-state index contributed by atoms with van der Waals surface area (Å²) in [6.07, 6.45) is 0. The summed E-state index contributed by atoms with van der Waals surface area (Å²) in [4.78, 5) is 11.4. The molecule has 0 aliphatic rings. The summed E-state index contributed by atoms with van der Waals surface area (Å²) < 4.78 is 46.3. The third kappa shape index (κ3) is 4.85. The van der Waals surface area contributed by atoms with Gasteiger partial charge in [0, 0.05) is 24.2 Å². The molecule has 0 aromatic heterocycles. The van der Waals surface area contributed by atoms with Gasteiger partial charge in [0.1, 0.15) is 11.6 Å². The number of methoxy groups -OCH3 is 2. The van der Waals surface area contributed by atoms with E-state index in [1.165, 1.54) is 30.7 Å². The van der Waals surface area contributed by atoms with Gasteiger partial charge in [0.25, 0.3) is 0 Å². The van der Waals surface area contributed by atoms with Crippen LogP contribution >= 0.6 is 0 Å². The predicted octanol–water partition coefficient (Wildman–Crippen LogP) is 2.76. The summed E-state index contributed by atoms with van der Waals surface area (Å²) in [6.45, 7) is -0.0280.